The Balaban J connectivity index is 2.26. The second-order valence-electron chi connectivity index (χ2n) is 3.26. The SMILES string of the molecule is Cc1occc1-c1nnnn1CCC(=O)O. The van der Waals surface area contributed by atoms with Crippen molar-refractivity contribution in [2.45, 2.75) is 19.9 Å². The molecule has 0 aromatic carbocycles. The Morgan fingerprint density at radius 3 is 3.06 bits per heavy atom. The molecule has 2 heterocycles. The molecule has 0 saturated heterocycles. The van der Waals surface area contributed by atoms with Gasteiger partial charge in [0.25, 0.3) is 0 Å². The number of aromatic nitrogens is 4. The molecule has 0 unspecified atom stereocenters. The van der Waals surface area contributed by atoms with Gasteiger partial charge in [0.15, 0.2) is 5.82 Å². The summed E-state index contributed by atoms with van der Waals surface area (Å²) in [6.45, 7) is 2.04. The van der Waals surface area contributed by atoms with E-state index in [1.165, 1.54) is 4.68 Å². The summed E-state index contributed by atoms with van der Waals surface area (Å²) in [7, 11) is 0. The monoisotopic (exact) mass is 222 g/mol. The molecule has 0 bridgehead atoms. The number of carbonyl (C=O) groups is 1. The van der Waals surface area contributed by atoms with Gasteiger partial charge in [-0.1, -0.05) is 0 Å². The molecule has 0 saturated carbocycles. The van der Waals surface area contributed by atoms with E-state index in [-0.39, 0.29) is 13.0 Å². The average Bonchev–Trinajstić information content (AvgIpc) is 2.82. The van der Waals surface area contributed by atoms with Gasteiger partial charge in [-0.2, -0.15) is 0 Å². The number of aliphatic carboxylic acids is 1. The number of hydrogen-bond acceptors (Lipinski definition) is 5. The highest BCUT2D eigenvalue weighted by molar-refractivity contribution is 5.66. The predicted octanol–water partition coefficient (Wildman–Crippen LogP) is 0.716. The average molecular weight is 222 g/mol. The van der Waals surface area contributed by atoms with Gasteiger partial charge in [-0.05, 0) is 23.4 Å². The third-order valence-electron chi connectivity index (χ3n) is 2.17. The van der Waals surface area contributed by atoms with Crippen LogP contribution in [0.3, 0.4) is 0 Å². The van der Waals surface area contributed by atoms with Crippen molar-refractivity contribution in [1.29, 1.82) is 0 Å². The fourth-order valence-corrected chi connectivity index (χ4v) is 1.37. The molecule has 0 radical (unpaired) electrons. The largest absolute Gasteiger partial charge is 0.481 e. The van der Waals surface area contributed by atoms with Crippen molar-refractivity contribution in [3.05, 3.63) is 18.1 Å². The third kappa shape index (κ3) is 1.92. The number of tetrazole rings is 1. The summed E-state index contributed by atoms with van der Waals surface area (Å²) in [4.78, 5) is 10.5. The molecule has 0 atom stereocenters. The molecule has 0 aliphatic rings. The lowest BCUT2D eigenvalue weighted by molar-refractivity contribution is -0.137. The van der Waals surface area contributed by atoms with Gasteiger partial charge in [-0.3, -0.25) is 4.79 Å². The van der Waals surface area contributed by atoms with E-state index >= 15 is 0 Å². The van der Waals surface area contributed by atoms with Gasteiger partial charge in [0, 0.05) is 0 Å². The molecular weight excluding hydrogens is 212 g/mol. The van der Waals surface area contributed by atoms with Crippen molar-refractivity contribution in [2.75, 3.05) is 0 Å². The maximum Gasteiger partial charge on any atom is 0.305 e. The van der Waals surface area contributed by atoms with Gasteiger partial charge in [0.1, 0.15) is 5.76 Å². The smallest absolute Gasteiger partial charge is 0.305 e. The maximum atomic E-state index is 10.5. The summed E-state index contributed by atoms with van der Waals surface area (Å²) >= 11 is 0. The number of hydrogen-bond donors (Lipinski definition) is 1. The summed E-state index contributed by atoms with van der Waals surface area (Å²) < 4.78 is 6.59. The Morgan fingerprint density at radius 2 is 2.44 bits per heavy atom. The van der Waals surface area contributed by atoms with Crippen molar-refractivity contribution in [3.63, 3.8) is 0 Å². The standard InChI is InChI=1S/C9H10N4O3/c1-6-7(3-5-16-6)9-10-11-12-13(9)4-2-8(14)15/h3,5H,2,4H2,1H3,(H,14,15). The first-order valence-electron chi connectivity index (χ1n) is 4.71. The lowest BCUT2D eigenvalue weighted by atomic mass is 10.2. The van der Waals surface area contributed by atoms with Crippen molar-refractivity contribution in [1.82, 2.24) is 20.2 Å². The van der Waals surface area contributed by atoms with E-state index in [2.05, 4.69) is 15.5 Å². The number of carboxylic acid groups (broad SMARTS) is 1. The number of nitrogens with zero attached hydrogens (tertiary/aromatic N) is 4. The van der Waals surface area contributed by atoms with Gasteiger partial charge in [-0.25, -0.2) is 4.68 Å². The predicted molar refractivity (Wildman–Crippen MR) is 52.5 cm³/mol. The van der Waals surface area contributed by atoms with E-state index in [0.717, 1.165) is 5.56 Å². The molecule has 0 amide bonds. The van der Waals surface area contributed by atoms with Gasteiger partial charge in [0.05, 0.1) is 24.8 Å². The summed E-state index contributed by atoms with van der Waals surface area (Å²) in [5.41, 5.74) is 0.774. The van der Waals surface area contributed by atoms with Gasteiger partial charge in [0.2, 0.25) is 0 Å². The fraction of sp³-hybridized carbons (Fsp3) is 0.333. The first kappa shape index (κ1) is 10.3. The minimum atomic E-state index is -0.884. The molecule has 0 aliphatic heterocycles. The zero-order valence-corrected chi connectivity index (χ0v) is 8.62. The Hall–Kier alpha value is -2.18. The molecule has 2 aromatic rings. The van der Waals surface area contributed by atoms with E-state index in [1.807, 2.05) is 0 Å². The third-order valence-corrected chi connectivity index (χ3v) is 2.17. The fourth-order valence-electron chi connectivity index (χ4n) is 1.37. The van der Waals surface area contributed by atoms with E-state index in [0.29, 0.717) is 11.6 Å². The second-order valence-corrected chi connectivity index (χ2v) is 3.26. The van der Waals surface area contributed by atoms with Crippen LogP contribution in [0.5, 0.6) is 0 Å². The van der Waals surface area contributed by atoms with Crippen molar-refractivity contribution >= 4 is 5.97 Å². The zero-order chi connectivity index (χ0) is 11.5. The van der Waals surface area contributed by atoms with Crippen molar-refractivity contribution < 1.29 is 14.3 Å². The number of rotatable bonds is 4. The maximum absolute atomic E-state index is 10.5. The van der Waals surface area contributed by atoms with Crippen LogP contribution in [-0.2, 0) is 11.3 Å². The molecule has 1 N–H and O–H groups in total. The topological polar surface area (TPSA) is 94.0 Å². The van der Waals surface area contributed by atoms with E-state index in [1.54, 1.807) is 19.3 Å². The van der Waals surface area contributed by atoms with E-state index < -0.39 is 5.97 Å². The molecule has 16 heavy (non-hydrogen) atoms. The Labute approximate surface area is 90.7 Å². The first-order chi connectivity index (χ1) is 7.68. The summed E-state index contributed by atoms with van der Waals surface area (Å²) in [6.07, 6.45) is 1.52. The number of carboxylic acids is 1. The quantitative estimate of drug-likeness (QED) is 0.818. The van der Waals surface area contributed by atoms with Crippen LogP contribution >= 0.6 is 0 Å². The van der Waals surface area contributed by atoms with Crippen molar-refractivity contribution in [2.24, 2.45) is 0 Å². The number of aryl methyl sites for hydroxylation is 2. The minimum Gasteiger partial charge on any atom is -0.481 e. The highest BCUT2D eigenvalue weighted by Crippen LogP contribution is 2.21. The normalized spacial score (nSPS) is 10.6. The molecule has 0 fully saturated rings. The molecule has 7 nitrogen and oxygen atoms in total. The van der Waals surface area contributed by atoms with Gasteiger partial charge >= 0.3 is 5.97 Å². The van der Waals surface area contributed by atoms with Crippen LogP contribution in [0.25, 0.3) is 11.4 Å². The molecule has 0 aliphatic carbocycles. The highest BCUT2D eigenvalue weighted by Gasteiger charge is 2.13. The summed E-state index contributed by atoms with van der Waals surface area (Å²) in [5, 5.41) is 19.7. The second kappa shape index (κ2) is 4.13. The summed E-state index contributed by atoms with van der Waals surface area (Å²) in [6, 6.07) is 1.75. The van der Waals surface area contributed by atoms with Crippen LogP contribution in [0.15, 0.2) is 16.7 Å². The van der Waals surface area contributed by atoms with Crippen LogP contribution < -0.4 is 0 Å². The van der Waals surface area contributed by atoms with Crippen LogP contribution in [0.4, 0.5) is 0 Å². The van der Waals surface area contributed by atoms with Crippen LogP contribution in [0.2, 0.25) is 0 Å². The van der Waals surface area contributed by atoms with E-state index in [4.69, 9.17) is 9.52 Å². The first-order valence-corrected chi connectivity index (χ1v) is 4.71. The molecular formula is C9H10N4O3. The van der Waals surface area contributed by atoms with E-state index in [9.17, 15) is 4.79 Å². The summed E-state index contributed by atoms with van der Waals surface area (Å²) in [5.74, 6) is 0.337. The Bertz CT molecular complexity index is 502. The zero-order valence-electron chi connectivity index (χ0n) is 8.62. The van der Waals surface area contributed by atoms with Crippen LogP contribution in [0.1, 0.15) is 12.2 Å². The molecule has 2 rings (SSSR count). The van der Waals surface area contributed by atoms with Gasteiger partial charge in [-0.15, -0.1) is 5.10 Å². The number of furan rings is 1. The molecule has 84 valence electrons. The lowest BCUT2D eigenvalue weighted by Gasteiger charge is -2.00. The van der Waals surface area contributed by atoms with Crippen molar-refractivity contribution in [3.8, 4) is 11.4 Å². The minimum absolute atomic E-state index is 0.0189. The highest BCUT2D eigenvalue weighted by atomic mass is 16.4. The molecule has 0 spiro atoms. The van der Waals surface area contributed by atoms with Gasteiger partial charge < -0.3 is 9.52 Å². The van der Waals surface area contributed by atoms with Crippen LogP contribution in [-0.4, -0.2) is 31.3 Å². The molecule has 2 aromatic heterocycles. The Kier molecular flexibility index (Phi) is 2.67. The lowest BCUT2D eigenvalue weighted by Crippen LogP contribution is -2.07. The molecule has 7 heteroatoms. The van der Waals surface area contributed by atoms with Crippen LogP contribution in [0, 0.1) is 6.92 Å². The Morgan fingerprint density at radius 1 is 1.62 bits per heavy atom.